The fourth-order valence-corrected chi connectivity index (χ4v) is 4.67. The predicted molar refractivity (Wildman–Crippen MR) is 94.4 cm³/mol. The minimum absolute atomic E-state index is 0.0109. The van der Waals surface area contributed by atoms with Crippen molar-refractivity contribution in [3.05, 3.63) is 29.3 Å². The van der Waals surface area contributed by atoms with E-state index in [1.165, 1.54) is 4.31 Å². The molecule has 1 amide bonds. The van der Waals surface area contributed by atoms with Crippen molar-refractivity contribution in [1.29, 1.82) is 0 Å². The molecule has 134 valence electrons. The third-order valence-electron chi connectivity index (χ3n) is 4.50. The average molecular weight is 353 g/mol. The van der Waals surface area contributed by atoms with Gasteiger partial charge in [-0.2, -0.15) is 4.31 Å². The zero-order valence-corrected chi connectivity index (χ0v) is 15.7. The molecule has 7 heteroatoms. The number of benzene rings is 1. The van der Waals surface area contributed by atoms with E-state index in [1.54, 1.807) is 6.07 Å². The fourth-order valence-electron chi connectivity index (χ4n) is 3.05. The van der Waals surface area contributed by atoms with Gasteiger partial charge in [-0.3, -0.25) is 9.69 Å². The van der Waals surface area contributed by atoms with Crippen molar-refractivity contribution in [1.82, 2.24) is 14.5 Å². The molecule has 0 aliphatic carbocycles. The summed E-state index contributed by atoms with van der Waals surface area (Å²) in [5.74, 6) is -0.0109. The van der Waals surface area contributed by atoms with Crippen LogP contribution in [0.4, 0.5) is 0 Å². The number of nitrogens with zero attached hydrogens (tertiary/aromatic N) is 2. The van der Waals surface area contributed by atoms with Gasteiger partial charge in [-0.1, -0.05) is 17.7 Å². The Kier molecular flexibility index (Phi) is 6.01. The summed E-state index contributed by atoms with van der Waals surface area (Å²) in [6.07, 6.45) is 0. The first-order valence-corrected chi connectivity index (χ1v) is 9.80. The topological polar surface area (TPSA) is 69.7 Å². The Morgan fingerprint density at radius 1 is 1.21 bits per heavy atom. The van der Waals surface area contributed by atoms with Crippen molar-refractivity contribution in [3.63, 3.8) is 0 Å². The first kappa shape index (κ1) is 18.9. The van der Waals surface area contributed by atoms with E-state index in [1.807, 2.05) is 44.7 Å². The highest BCUT2D eigenvalue weighted by molar-refractivity contribution is 7.89. The molecule has 6 nitrogen and oxygen atoms in total. The summed E-state index contributed by atoms with van der Waals surface area (Å²) < 4.78 is 27.2. The van der Waals surface area contributed by atoms with E-state index in [4.69, 9.17) is 0 Å². The first-order chi connectivity index (χ1) is 11.3. The fraction of sp³-hybridized carbons (Fsp3) is 0.588. The van der Waals surface area contributed by atoms with Gasteiger partial charge in [0.1, 0.15) is 0 Å². The summed E-state index contributed by atoms with van der Waals surface area (Å²) in [5.41, 5.74) is 1.82. The SMILES string of the molecule is CCNC(=O)[C@@H](C)N1CCN(S(=O)(=O)c2ccc(C)cc2C)CC1. The van der Waals surface area contributed by atoms with Crippen LogP contribution in [0.2, 0.25) is 0 Å². The van der Waals surface area contributed by atoms with Gasteiger partial charge in [0.05, 0.1) is 10.9 Å². The quantitative estimate of drug-likeness (QED) is 0.862. The number of sulfonamides is 1. The van der Waals surface area contributed by atoms with Gasteiger partial charge in [-0.15, -0.1) is 0 Å². The van der Waals surface area contributed by atoms with E-state index in [9.17, 15) is 13.2 Å². The molecule has 1 aliphatic rings. The molecule has 0 aromatic heterocycles. The lowest BCUT2D eigenvalue weighted by Gasteiger charge is -2.36. The van der Waals surface area contributed by atoms with Gasteiger partial charge >= 0.3 is 0 Å². The minimum atomic E-state index is -3.48. The lowest BCUT2D eigenvalue weighted by atomic mass is 10.2. The highest BCUT2D eigenvalue weighted by Gasteiger charge is 2.32. The summed E-state index contributed by atoms with van der Waals surface area (Å²) in [6, 6.07) is 5.16. The van der Waals surface area contributed by atoms with E-state index in [2.05, 4.69) is 5.32 Å². The number of hydrogen-bond acceptors (Lipinski definition) is 4. The lowest BCUT2D eigenvalue weighted by molar-refractivity contribution is -0.126. The largest absolute Gasteiger partial charge is 0.355 e. The summed E-state index contributed by atoms with van der Waals surface area (Å²) in [6.45, 7) is 10.0. The van der Waals surface area contributed by atoms with Crippen LogP contribution in [-0.4, -0.2) is 62.3 Å². The number of piperazine rings is 1. The second-order valence-corrected chi connectivity index (χ2v) is 8.19. The van der Waals surface area contributed by atoms with E-state index in [-0.39, 0.29) is 11.9 Å². The molecule has 0 spiro atoms. The number of carbonyl (C=O) groups is 1. The molecule has 1 atom stereocenters. The third-order valence-corrected chi connectivity index (χ3v) is 6.56. The standard InChI is InChI=1S/C17H27N3O3S/c1-5-18-17(21)15(4)19-8-10-20(11-9-19)24(22,23)16-7-6-13(2)12-14(16)3/h6-7,12,15H,5,8-11H2,1-4H3,(H,18,21)/t15-/m1/s1. The van der Waals surface area contributed by atoms with Gasteiger partial charge in [0.2, 0.25) is 15.9 Å². The summed E-state index contributed by atoms with van der Waals surface area (Å²) in [5, 5.41) is 2.81. The Labute approximate surface area is 144 Å². The second-order valence-electron chi connectivity index (χ2n) is 6.28. The van der Waals surface area contributed by atoms with Crippen LogP contribution in [0.25, 0.3) is 0 Å². The van der Waals surface area contributed by atoms with Gasteiger partial charge < -0.3 is 5.32 Å². The van der Waals surface area contributed by atoms with Crippen LogP contribution in [0.1, 0.15) is 25.0 Å². The molecular formula is C17H27N3O3S. The zero-order valence-electron chi connectivity index (χ0n) is 14.9. The maximum atomic E-state index is 12.9. The summed E-state index contributed by atoms with van der Waals surface area (Å²) >= 11 is 0. The molecule has 1 heterocycles. The molecule has 1 N–H and O–H groups in total. The molecule has 2 rings (SSSR count). The Hall–Kier alpha value is -1.44. The van der Waals surface area contributed by atoms with E-state index in [0.29, 0.717) is 37.6 Å². The number of nitrogens with one attached hydrogen (secondary N) is 1. The maximum absolute atomic E-state index is 12.9. The molecule has 1 aromatic rings. The van der Waals surface area contributed by atoms with Crippen molar-refractivity contribution < 1.29 is 13.2 Å². The Morgan fingerprint density at radius 2 is 1.83 bits per heavy atom. The first-order valence-electron chi connectivity index (χ1n) is 8.36. The highest BCUT2D eigenvalue weighted by atomic mass is 32.2. The van der Waals surface area contributed by atoms with Crippen molar-refractivity contribution in [2.24, 2.45) is 0 Å². The van der Waals surface area contributed by atoms with E-state index >= 15 is 0 Å². The van der Waals surface area contributed by atoms with Crippen LogP contribution >= 0.6 is 0 Å². The Morgan fingerprint density at radius 3 is 2.38 bits per heavy atom. The van der Waals surface area contributed by atoms with Crippen LogP contribution in [0.5, 0.6) is 0 Å². The van der Waals surface area contributed by atoms with Gasteiger partial charge in [-0.25, -0.2) is 8.42 Å². The Bertz CT molecular complexity index is 695. The normalized spacial score (nSPS) is 18.3. The number of aryl methyl sites for hydroxylation is 2. The molecule has 0 saturated carbocycles. The lowest BCUT2D eigenvalue weighted by Crippen LogP contribution is -2.54. The van der Waals surface area contributed by atoms with Crippen LogP contribution in [0.3, 0.4) is 0 Å². The average Bonchev–Trinajstić information content (AvgIpc) is 2.54. The van der Waals surface area contributed by atoms with Gasteiger partial charge in [0, 0.05) is 32.7 Å². The monoisotopic (exact) mass is 353 g/mol. The molecule has 1 fully saturated rings. The van der Waals surface area contributed by atoms with Crippen molar-refractivity contribution in [3.8, 4) is 0 Å². The smallest absolute Gasteiger partial charge is 0.243 e. The molecule has 0 bridgehead atoms. The molecule has 0 unspecified atom stereocenters. The summed E-state index contributed by atoms with van der Waals surface area (Å²) in [4.78, 5) is 14.3. The third kappa shape index (κ3) is 3.96. The van der Waals surface area contributed by atoms with Gasteiger partial charge in [-0.05, 0) is 39.3 Å². The van der Waals surface area contributed by atoms with Crippen molar-refractivity contribution >= 4 is 15.9 Å². The summed E-state index contributed by atoms with van der Waals surface area (Å²) in [7, 11) is -3.48. The molecule has 0 radical (unpaired) electrons. The van der Waals surface area contributed by atoms with Crippen LogP contribution in [-0.2, 0) is 14.8 Å². The van der Waals surface area contributed by atoms with Gasteiger partial charge in [0.25, 0.3) is 0 Å². The van der Waals surface area contributed by atoms with E-state index in [0.717, 1.165) is 11.1 Å². The minimum Gasteiger partial charge on any atom is -0.355 e. The second kappa shape index (κ2) is 7.63. The number of rotatable bonds is 5. The zero-order chi connectivity index (χ0) is 17.9. The van der Waals surface area contributed by atoms with Crippen LogP contribution in [0, 0.1) is 13.8 Å². The highest BCUT2D eigenvalue weighted by Crippen LogP contribution is 2.22. The molecular weight excluding hydrogens is 326 g/mol. The number of amides is 1. The van der Waals surface area contributed by atoms with Crippen LogP contribution in [0.15, 0.2) is 23.1 Å². The number of hydrogen-bond donors (Lipinski definition) is 1. The van der Waals surface area contributed by atoms with Crippen molar-refractivity contribution in [2.75, 3.05) is 32.7 Å². The van der Waals surface area contributed by atoms with E-state index < -0.39 is 10.0 Å². The number of likely N-dealkylation sites (N-methyl/N-ethyl adjacent to an activating group) is 1. The molecule has 1 aliphatic heterocycles. The number of carbonyl (C=O) groups excluding carboxylic acids is 1. The van der Waals surface area contributed by atoms with Crippen LogP contribution < -0.4 is 5.32 Å². The predicted octanol–water partition coefficient (Wildman–Crippen LogP) is 1.13. The van der Waals surface area contributed by atoms with Gasteiger partial charge in [0.15, 0.2) is 0 Å². The maximum Gasteiger partial charge on any atom is 0.243 e. The molecule has 1 saturated heterocycles. The molecule has 1 aromatic carbocycles. The molecule has 24 heavy (non-hydrogen) atoms. The Balaban J connectivity index is 2.07. The van der Waals surface area contributed by atoms with Crippen molar-refractivity contribution in [2.45, 2.75) is 38.6 Å².